The van der Waals surface area contributed by atoms with Crippen molar-refractivity contribution in [2.45, 2.75) is 84.0 Å². The molecule has 33 heavy (non-hydrogen) atoms. The van der Waals surface area contributed by atoms with Gasteiger partial charge in [-0.15, -0.1) is 0 Å². The molecule has 2 aromatic rings. The van der Waals surface area contributed by atoms with E-state index >= 15 is 0 Å². The summed E-state index contributed by atoms with van der Waals surface area (Å²) < 4.78 is 0. The third-order valence-corrected chi connectivity index (χ3v) is 30.3. The highest BCUT2D eigenvalue weighted by Crippen LogP contribution is 2.57. The van der Waals surface area contributed by atoms with Crippen molar-refractivity contribution in [1.29, 1.82) is 0 Å². The van der Waals surface area contributed by atoms with Crippen LogP contribution in [0.3, 0.4) is 0 Å². The maximum Gasteiger partial charge on any atom is 0.0991 e. The van der Waals surface area contributed by atoms with Gasteiger partial charge in [-0.2, -0.15) is 0 Å². The third kappa shape index (κ3) is 5.09. The Kier molecular flexibility index (Phi) is 7.55. The highest BCUT2D eigenvalue weighted by molar-refractivity contribution is 7.23. The summed E-state index contributed by atoms with van der Waals surface area (Å²) in [5.41, 5.74) is 7.77. The SMILES string of the molecule is CC[Si](C)(C)C[Si]1(CC)C([Si](C)(C)C)=C(c2ccccc2)C(c2ccccc2)=C1[Si](C)(C)C. The van der Waals surface area contributed by atoms with Crippen LogP contribution in [0.4, 0.5) is 0 Å². The van der Waals surface area contributed by atoms with Crippen molar-refractivity contribution in [3.05, 3.63) is 81.4 Å². The Morgan fingerprint density at radius 3 is 1.21 bits per heavy atom. The van der Waals surface area contributed by atoms with E-state index in [0.29, 0.717) is 0 Å². The van der Waals surface area contributed by atoms with E-state index in [2.05, 4.69) is 127 Å². The molecule has 0 fully saturated rings. The minimum Gasteiger partial charge on any atom is -0.0787 e. The molecule has 178 valence electrons. The second kappa shape index (κ2) is 9.44. The fraction of sp³-hybridized carbons (Fsp3) is 0.448. The van der Waals surface area contributed by atoms with Crippen LogP contribution in [0.1, 0.15) is 25.0 Å². The summed E-state index contributed by atoms with van der Waals surface area (Å²) in [6.45, 7) is 26.2. The van der Waals surface area contributed by atoms with Gasteiger partial charge in [0.15, 0.2) is 0 Å². The van der Waals surface area contributed by atoms with E-state index in [1.165, 1.54) is 28.9 Å². The van der Waals surface area contributed by atoms with E-state index in [-0.39, 0.29) is 0 Å². The summed E-state index contributed by atoms with van der Waals surface area (Å²) in [5.74, 6) is 0. The predicted molar refractivity (Wildman–Crippen MR) is 162 cm³/mol. The highest BCUT2D eigenvalue weighted by atomic mass is 28.4. The van der Waals surface area contributed by atoms with Crippen LogP contribution >= 0.6 is 0 Å². The largest absolute Gasteiger partial charge is 0.0991 e. The second-order valence-corrected chi connectivity index (χ2v) is 34.2. The summed E-state index contributed by atoms with van der Waals surface area (Å²) in [5, 5.41) is 0. The predicted octanol–water partition coefficient (Wildman–Crippen LogP) is 9.48. The lowest BCUT2D eigenvalue weighted by Crippen LogP contribution is -2.56. The molecule has 3 rings (SSSR count). The van der Waals surface area contributed by atoms with Gasteiger partial charge < -0.3 is 0 Å². The van der Waals surface area contributed by atoms with Gasteiger partial charge in [-0.25, -0.2) is 0 Å². The Bertz CT molecular complexity index is 959. The van der Waals surface area contributed by atoms with E-state index in [9.17, 15) is 0 Å². The Morgan fingerprint density at radius 2 is 0.939 bits per heavy atom. The second-order valence-electron chi connectivity index (χ2n) is 12.9. The Balaban J connectivity index is 2.58. The molecule has 0 amide bonds. The van der Waals surface area contributed by atoms with Gasteiger partial charge in [0.2, 0.25) is 0 Å². The average molecular weight is 507 g/mol. The molecule has 2 aromatic carbocycles. The van der Waals surface area contributed by atoms with Crippen LogP contribution in [0.25, 0.3) is 11.1 Å². The lowest BCUT2D eigenvalue weighted by atomic mass is 9.95. The first-order valence-electron chi connectivity index (χ1n) is 12.9. The molecular formula is C29H46Si4. The molecule has 0 nitrogen and oxygen atoms in total. The molecule has 0 saturated carbocycles. The molecule has 0 aromatic heterocycles. The van der Waals surface area contributed by atoms with Crippen LogP contribution in [-0.2, 0) is 0 Å². The molecule has 0 bridgehead atoms. The molecule has 0 saturated heterocycles. The lowest BCUT2D eigenvalue weighted by molar-refractivity contribution is 1.29. The fourth-order valence-corrected chi connectivity index (χ4v) is 36.1. The molecule has 1 heterocycles. The first kappa shape index (κ1) is 26.4. The average Bonchev–Trinajstić information content (AvgIpc) is 3.06. The molecular weight excluding hydrogens is 461 g/mol. The van der Waals surface area contributed by atoms with E-state index in [1.54, 1.807) is 11.1 Å². The van der Waals surface area contributed by atoms with Gasteiger partial charge in [-0.05, 0) is 22.3 Å². The zero-order valence-corrected chi connectivity index (χ0v) is 26.9. The van der Waals surface area contributed by atoms with Crippen molar-refractivity contribution in [1.82, 2.24) is 0 Å². The van der Waals surface area contributed by atoms with E-state index in [4.69, 9.17) is 0 Å². The zero-order valence-electron chi connectivity index (χ0n) is 22.9. The van der Waals surface area contributed by atoms with Crippen LogP contribution in [0.15, 0.2) is 70.3 Å². The Labute approximate surface area is 208 Å². The minimum absolute atomic E-state index is 1.30. The number of benzene rings is 2. The van der Waals surface area contributed by atoms with Crippen molar-refractivity contribution in [3.8, 4) is 0 Å². The molecule has 0 N–H and O–H groups in total. The minimum atomic E-state index is -1.84. The molecule has 0 aliphatic carbocycles. The third-order valence-electron chi connectivity index (χ3n) is 7.67. The van der Waals surface area contributed by atoms with E-state index in [0.717, 1.165) is 0 Å². The standard InChI is InChI=1S/C29H46Si4/c1-11-32(9,10)23-33(12-2)28(30(3,4)5)26(24-19-15-13-16-20-24)27(29(33)31(6,7)8)25-21-17-14-18-22-25/h13-22H,11-12,23H2,1-10H3. The van der Waals surface area contributed by atoms with Crippen molar-refractivity contribution >= 4 is 43.4 Å². The van der Waals surface area contributed by atoms with Crippen LogP contribution in [0.5, 0.6) is 0 Å². The smallest absolute Gasteiger partial charge is 0.0787 e. The Hall–Kier alpha value is -1.21. The van der Waals surface area contributed by atoms with Crippen LogP contribution in [0.2, 0.25) is 70.1 Å². The number of hydrogen-bond donors (Lipinski definition) is 0. The van der Waals surface area contributed by atoms with Gasteiger partial charge in [-0.3, -0.25) is 0 Å². The lowest BCUT2D eigenvalue weighted by Gasteiger charge is -2.46. The number of hydrogen-bond acceptors (Lipinski definition) is 0. The van der Waals surface area contributed by atoms with E-state index in [1.807, 2.05) is 9.64 Å². The first-order valence-corrected chi connectivity index (χ1v) is 25.7. The van der Waals surface area contributed by atoms with Crippen molar-refractivity contribution in [2.75, 3.05) is 0 Å². The van der Waals surface area contributed by atoms with Crippen molar-refractivity contribution in [2.24, 2.45) is 0 Å². The van der Waals surface area contributed by atoms with Gasteiger partial charge in [0.05, 0.1) is 24.2 Å². The quantitative estimate of drug-likeness (QED) is 0.313. The summed E-state index contributed by atoms with van der Waals surface area (Å²) >= 11 is 0. The van der Waals surface area contributed by atoms with Gasteiger partial charge in [0.1, 0.15) is 0 Å². The highest BCUT2D eigenvalue weighted by Gasteiger charge is 2.56. The van der Waals surface area contributed by atoms with Gasteiger partial charge in [0, 0.05) is 8.07 Å². The molecule has 1 aliphatic rings. The van der Waals surface area contributed by atoms with Crippen molar-refractivity contribution < 1.29 is 0 Å². The zero-order chi connectivity index (χ0) is 24.7. The van der Waals surface area contributed by atoms with Crippen LogP contribution in [-0.4, -0.2) is 32.3 Å². The molecule has 0 spiro atoms. The topological polar surface area (TPSA) is 0 Å². The van der Waals surface area contributed by atoms with E-state index < -0.39 is 32.3 Å². The summed E-state index contributed by atoms with van der Waals surface area (Å²) in [6.07, 6.45) is 0. The van der Waals surface area contributed by atoms with Crippen LogP contribution < -0.4 is 0 Å². The van der Waals surface area contributed by atoms with Crippen molar-refractivity contribution in [3.63, 3.8) is 0 Å². The van der Waals surface area contributed by atoms with Gasteiger partial charge in [-0.1, -0.05) is 154 Å². The summed E-state index contributed by atoms with van der Waals surface area (Å²) in [4.78, 5) is 3.96. The molecule has 0 atom stereocenters. The van der Waals surface area contributed by atoms with Gasteiger partial charge in [0.25, 0.3) is 0 Å². The summed E-state index contributed by atoms with van der Waals surface area (Å²) in [6, 6.07) is 25.7. The Morgan fingerprint density at radius 1 is 0.576 bits per heavy atom. The van der Waals surface area contributed by atoms with Gasteiger partial charge >= 0.3 is 0 Å². The molecule has 0 radical (unpaired) electrons. The molecule has 1 aliphatic heterocycles. The normalized spacial score (nSPS) is 17.2. The molecule has 0 unspecified atom stereocenters. The first-order chi connectivity index (χ1) is 15.3. The summed E-state index contributed by atoms with van der Waals surface area (Å²) in [7, 11) is -6.32. The maximum atomic E-state index is 2.67. The number of rotatable bonds is 8. The molecule has 4 heteroatoms. The fourth-order valence-electron chi connectivity index (χ4n) is 6.42. The monoisotopic (exact) mass is 506 g/mol. The van der Waals surface area contributed by atoms with Crippen LogP contribution in [0, 0.1) is 0 Å². The maximum absolute atomic E-state index is 2.67. The number of allylic oxidation sites excluding steroid dienone is 2.